The minimum atomic E-state index is -0.294. The van der Waals surface area contributed by atoms with E-state index in [1.54, 1.807) is 12.1 Å². The van der Waals surface area contributed by atoms with Gasteiger partial charge in [0.25, 0.3) is 5.91 Å². The molecule has 0 spiro atoms. The quantitative estimate of drug-likeness (QED) is 0.710. The van der Waals surface area contributed by atoms with Crippen molar-refractivity contribution in [1.82, 2.24) is 10.2 Å². The standard InChI is InChI=1S/C21H23N3O3/c1-5-26-17-12-8-15(9-13-17)19-23-24-20(27-19)22-18(25)14-6-10-16(11-7-14)21(2,3)4/h6-13H,5H2,1-4H3,(H,22,24,25). The lowest BCUT2D eigenvalue weighted by Crippen LogP contribution is -2.14. The number of nitrogens with one attached hydrogen (secondary N) is 1. The van der Waals surface area contributed by atoms with Gasteiger partial charge < -0.3 is 9.15 Å². The van der Waals surface area contributed by atoms with Crippen LogP contribution < -0.4 is 10.1 Å². The number of aromatic nitrogens is 2. The Balaban J connectivity index is 1.69. The van der Waals surface area contributed by atoms with Crippen LogP contribution in [0.3, 0.4) is 0 Å². The molecule has 0 saturated carbocycles. The highest BCUT2D eigenvalue weighted by molar-refractivity contribution is 6.03. The lowest BCUT2D eigenvalue weighted by Gasteiger charge is -2.18. The van der Waals surface area contributed by atoms with Crippen LogP contribution in [0.15, 0.2) is 52.9 Å². The zero-order valence-corrected chi connectivity index (χ0v) is 15.9. The molecule has 3 aromatic rings. The molecular weight excluding hydrogens is 342 g/mol. The van der Waals surface area contributed by atoms with E-state index in [1.807, 2.05) is 43.3 Å². The van der Waals surface area contributed by atoms with Gasteiger partial charge in [0.1, 0.15) is 5.75 Å². The fraction of sp³-hybridized carbons (Fsp3) is 0.286. The summed E-state index contributed by atoms with van der Waals surface area (Å²) in [6.07, 6.45) is 0. The fourth-order valence-corrected chi connectivity index (χ4v) is 2.54. The Morgan fingerprint density at radius 2 is 1.70 bits per heavy atom. The smallest absolute Gasteiger partial charge is 0.322 e. The van der Waals surface area contributed by atoms with E-state index in [4.69, 9.17) is 9.15 Å². The first kappa shape index (κ1) is 18.6. The fourth-order valence-electron chi connectivity index (χ4n) is 2.54. The molecule has 1 N–H and O–H groups in total. The average molecular weight is 365 g/mol. The Morgan fingerprint density at radius 1 is 1.04 bits per heavy atom. The third-order valence-electron chi connectivity index (χ3n) is 4.07. The van der Waals surface area contributed by atoms with Gasteiger partial charge in [0, 0.05) is 11.1 Å². The molecule has 0 atom stereocenters. The van der Waals surface area contributed by atoms with Crippen LogP contribution in [0, 0.1) is 0 Å². The van der Waals surface area contributed by atoms with E-state index < -0.39 is 0 Å². The lowest BCUT2D eigenvalue weighted by atomic mass is 9.87. The molecule has 0 aliphatic rings. The normalized spacial score (nSPS) is 11.3. The summed E-state index contributed by atoms with van der Waals surface area (Å²) in [5.41, 5.74) is 2.48. The number of anilines is 1. The van der Waals surface area contributed by atoms with Crippen LogP contribution >= 0.6 is 0 Å². The molecular formula is C21H23N3O3. The number of hydrogen-bond acceptors (Lipinski definition) is 5. The average Bonchev–Trinajstić information content (AvgIpc) is 3.10. The van der Waals surface area contributed by atoms with Crippen LogP contribution in [0.4, 0.5) is 6.01 Å². The third kappa shape index (κ3) is 4.53. The van der Waals surface area contributed by atoms with Crippen molar-refractivity contribution in [1.29, 1.82) is 0 Å². The van der Waals surface area contributed by atoms with Crippen molar-refractivity contribution in [3.63, 3.8) is 0 Å². The van der Waals surface area contributed by atoms with Crippen LogP contribution in [0.1, 0.15) is 43.6 Å². The van der Waals surface area contributed by atoms with E-state index in [2.05, 4.69) is 36.3 Å². The second-order valence-electron chi connectivity index (χ2n) is 7.15. The van der Waals surface area contributed by atoms with Gasteiger partial charge in [-0.25, -0.2) is 0 Å². The summed E-state index contributed by atoms with van der Waals surface area (Å²) >= 11 is 0. The van der Waals surface area contributed by atoms with Gasteiger partial charge in [0.05, 0.1) is 6.61 Å². The van der Waals surface area contributed by atoms with Gasteiger partial charge in [-0.05, 0) is 54.3 Å². The minimum absolute atomic E-state index is 0.0358. The Morgan fingerprint density at radius 3 is 2.30 bits per heavy atom. The van der Waals surface area contributed by atoms with Crippen molar-refractivity contribution in [3.8, 4) is 17.2 Å². The van der Waals surface area contributed by atoms with Crippen molar-refractivity contribution in [3.05, 3.63) is 59.7 Å². The molecule has 0 aliphatic heterocycles. The van der Waals surface area contributed by atoms with Crippen molar-refractivity contribution in [2.45, 2.75) is 33.1 Å². The molecule has 2 aromatic carbocycles. The van der Waals surface area contributed by atoms with Gasteiger partial charge in [0.2, 0.25) is 5.89 Å². The largest absolute Gasteiger partial charge is 0.494 e. The molecule has 27 heavy (non-hydrogen) atoms. The Hall–Kier alpha value is -3.15. The second kappa shape index (κ2) is 7.61. The summed E-state index contributed by atoms with van der Waals surface area (Å²) in [5.74, 6) is 0.807. The van der Waals surface area contributed by atoms with Gasteiger partial charge in [-0.1, -0.05) is 38.0 Å². The van der Waals surface area contributed by atoms with Gasteiger partial charge in [-0.3, -0.25) is 10.1 Å². The molecule has 1 aromatic heterocycles. The zero-order valence-electron chi connectivity index (χ0n) is 15.9. The number of hydrogen-bond donors (Lipinski definition) is 1. The number of nitrogens with zero attached hydrogens (tertiary/aromatic N) is 2. The lowest BCUT2D eigenvalue weighted by molar-refractivity contribution is 0.102. The summed E-state index contributed by atoms with van der Waals surface area (Å²) < 4.78 is 11.0. The van der Waals surface area contributed by atoms with Crippen LogP contribution in [0.25, 0.3) is 11.5 Å². The summed E-state index contributed by atoms with van der Waals surface area (Å²) in [7, 11) is 0. The van der Waals surface area contributed by atoms with Gasteiger partial charge >= 0.3 is 6.01 Å². The number of amides is 1. The maximum atomic E-state index is 12.4. The Labute approximate surface area is 158 Å². The molecule has 0 bridgehead atoms. The van der Waals surface area contributed by atoms with E-state index in [1.165, 1.54) is 0 Å². The number of ether oxygens (including phenoxy) is 1. The SMILES string of the molecule is CCOc1ccc(-c2nnc(NC(=O)c3ccc(C(C)(C)C)cc3)o2)cc1. The van der Waals surface area contributed by atoms with Crippen molar-refractivity contribution in [2.24, 2.45) is 0 Å². The number of carbonyl (C=O) groups excluding carboxylic acids is 1. The van der Waals surface area contributed by atoms with E-state index in [9.17, 15) is 4.79 Å². The third-order valence-corrected chi connectivity index (χ3v) is 4.07. The Bertz CT molecular complexity index is 907. The number of carbonyl (C=O) groups is 1. The van der Waals surface area contributed by atoms with Crippen LogP contribution in [-0.2, 0) is 5.41 Å². The minimum Gasteiger partial charge on any atom is -0.494 e. The molecule has 1 heterocycles. The molecule has 0 radical (unpaired) electrons. The van der Waals surface area contributed by atoms with Crippen molar-refractivity contribution >= 4 is 11.9 Å². The first-order chi connectivity index (χ1) is 12.9. The highest BCUT2D eigenvalue weighted by atomic mass is 16.5. The highest BCUT2D eigenvalue weighted by Crippen LogP contribution is 2.24. The van der Waals surface area contributed by atoms with E-state index >= 15 is 0 Å². The summed E-state index contributed by atoms with van der Waals surface area (Å²) in [6.45, 7) is 8.92. The monoisotopic (exact) mass is 365 g/mol. The topological polar surface area (TPSA) is 77.3 Å². The van der Waals surface area contributed by atoms with Crippen molar-refractivity contribution in [2.75, 3.05) is 11.9 Å². The molecule has 6 heteroatoms. The van der Waals surface area contributed by atoms with E-state index in [-0.39, 0.29) is 17.3 Å². The maximum absolute atomic E-state index is 12.4. The van der Waals surface area contributed by atoms with Crippen LogP contribution in [0.5, 0.6) is 5.75 Å². The summed E-state index contributed by atoms with van der Waals surface area (Å²) in [4.78, 5) is 12.4. The Kier molecular flexibility index (Phi) is 5.26. The molecule has 0 fully saturated rings. The maximum Gasteiger partial charge on any atom is 0.322 e. The second-order valence-corrected chi connectivity index (χ2v) is 7.15. The number of benzene rings is 2. The van der Waals surface area contributed by atoms with E-state index in [0.717, 1.165) is 16.9 Å². The zero-order chi connectivity index (χ0) is 19.4. The first-order valence-corrected chi connectivity index (χ1v) is 8.85. The molecule has 140 valence electrons. The number of rotatable bonds is 5. The molecule has 3 rings (SSSR count). The molecule has 6 nitrogen and oxygen atoms in total. The molecule has 0 unspecified atom stereocenters. The summed E-state index contributed by atoms with van der Waals surface area (Å²) in [5, 5.41) is 10.5. The first-order valence-electron chi connectivity index (χ1n) is 8.85. The molecule has 0 aliphatic carbocycles. The van der Waals surface area contributed by atoms with Crippen LogP contribution in [0.2, 0.25) is 0 Å². The van der Waals surface area contributed by atoms with Crippen LogP contribution in [-0.4, -0.2) is 22.7 Å². The van der Waals surface area contributed by atoms with E-state index in [0.29, 0.717) is 18.1 Å². The molecule has 1 amide bonds. The highest BCUT2D eigenvalue weighted by Gasteiger charge is 2.16. The summed E-state index contributed by atoms with van der Waals surface area (Å²) in [6, 6.07) is 14.9. The van der Waals surface area contributed by atoms with Gasteiger partial charge in [-0.2, -0.15) is 0 Å². The van der Waals surface area contributed by atoms with Crippen molar-refractivity contribution < 1.29 is 13.9 Å². The van der Waals surface area contributed by atoms with Gasteiger partial charge in [0.15, 0.2) is 0 Å². The predicted molar refractivity (Wildman–Crippen MR) is 104 cm³/mol. The van der Waals surface area contributed by atoms with Gasteiger partial charge in [-0.15, -0.1) is 5.10 Å². The molecule has 0 saturated heterocycles. The predicted octanol–water partition coefficient (Wildman–Crippen LogP) is 4.69.